The second-order valence-corrected chi connectivity index (χ2v) is 11.6. The van der Waals surface area contributed by atoms with Crippen molar-refractivity contribution in [3.05, 3.63) is 98.6 Å². The Bertz CT molecular complexity index is 1230. The van der Waals surface area contributed by atoms with Crippen LogP contribution in [-0.4, -0.2) is 23.6 Å². The first-order valence-electron chi connectivity index (χ1n) is 13.1. The Balaban J connectivity index is 1.26. The minimum absolute atomic E-state index is 0.141. The normalized spacial score (nSPS) is 24.4. The van der Waals surface area contributed by atoms with Gasteiger partial charge in [-0.15, -0.1) is 0 Å². The molecule has 2 fully saturated rings. The monoisotopic (exact) mass is 593 g/mol. The van der Waals surface area contributed by atoms with Crippen molar-refractivity contribution in [2.75, 3.05) is 6.54 Å². The quantitative estimate of drug-likeness (QED) is 0.292. The van der Waals surface area contributed by atoms with Crippen molar-refractivity contribution in [2.45, 2.75) is 63.2 Å². The lowest BCUT2D eigenvalue weighted by atomic mass is 9.52. The summed E-state index contributed by atoms with van der Waals surface area (Å²) in [6, 6.07) is 25.2. The molecule has 4 nitrogen and oxygen atoms in total. The topological polar surface area (TPSA) is 38.8 Å². The van der Waals surface area contributed by atoms with Crippen LogP contribution >= 0.6 is 22.6 Å². The molecule has 1 amide bonds. The van der Waals surface area contributed by atoms with Crippen molar-refractivity contribution in [1.82, 2.24) is 4.90 Å². The molecule has 0 spiro atoms. The van der Waals surface area contributed by atoms with Crippen LogP contribution in [0.4, 0.5) is 4.79 Å². The molecule has 0 radical (unpaired) electrons. The molecule has 1 aliphatic heterocycles. The standard InChI is InChI=1S/C31H32INO3/c32-27-17-24-18-28-25-13-7-8-14-31(25,26(24)19-29(27)35-20-22-9-3-1-4-10-22)15-16-33(28)30(34)36-21-23-11-5-2-6-12-23/h1-6,9-12,17,19,25,28H,7-8,13-16,18,20-21H2/t25-,28+,31+/m1/s1. The number of carbonyl (C=O) groups excluding carboxylic acids is 1. The summed E-state index contributed by atoms with van der Waals surface area (Å²) in [6.45, 7) is 1.67. The van der Waals surface area contributed by atoms with E-state index in [9.17, 15) is 4.79 Å². The molecule has 1 heterocycles. The van der Waals surface area contributed by atoms with Gasteiger partial charge in [0.05, 0.1) is 3.57 Å². The number of rotatable bonds is 5. The minimum atomic E-state index is -0.163. The molecule has 0 N–H and O–H groups in total. The second kappa shape index (κ2) is 10.1. The van der Waals surface area contributed by atoms with Gasteiger partial charge >= 0.3 is 6.09 Å². The van der Waals surface area contributed by atoms with Crippen LogP contribution in [0.3, 0.4) is 0 Å². The minimum Gasteiger partial charge on any atom is -0.488 e. The van der Waals surface area contributed by atoms with E-state index in [0.29, 0.717) is 19.1 Å². The van der Waals surface area contributed by atoms with Crippen LogP contribution in [0.15, 0.2) is 72.8 Å². The van der Waals surface area contributed by atoms with Crippen molar-refractivity contribution < 1.29 is 14.3 Å². The van der Waals surface area contributed by atoms with Crippen molar-refractivity contribution in [3.8, 4) is 5.75 Å². The van der Waals surface area contributed by atoms with E-state index in [1.807, 2.05) is 41.3 Å². The summed E-state index contributed by atoms with van der Waals surface area (Å²) in [7, 11) is 0. The molecule has 186 valence electrons. The summed E-state index contributed by atoms with van der Waals surface area (Å²) >= 11 is 2.41. The average molecular weight is 594 g/mol. The third-order valence-corrected chi connectivity index (χ3v) is 9.40. The molecule has 3 atom stereocenters. The number of piperidine rings is 1. The molecule has 2 aliphatic carbocycles. The van der Waals surface area contributed by atoms with Gasteiger partial charge in [-0.25, -0.2) is 4.79 Å². The van der Waals surface area contributed by atoms with Gasteiger partial charge in [0.2, 0.25) is 0 Å². The molecule has 3 aromatic carbocycles. The third-order valence-electron chi connectivity index (χ3n) is 8.56. The van der Waals surface area contributed by atoms with E-state index in [-0.39, 0.29) is 17.6 Å². The zero-order chi connectivity index (χ0) is 24.5. The van der Waals surface area contributed by atoms with E-state index in [2.05, 4.69) is 59.0 Å². The van der Waals surface area contributed by atoms with E-state index in [1.54, 1.807) is 0 Å². The third kappa shape index (κ3) is 4.40. The molecule has 3 aromatic rings. The number of likely N-dealkylation sites (tertiary alicyclic amines) is 1. The van der Waals surface area contributed by atoms with Gasteiger partial charge in [0.15, 0.2) is 0 Å². The van der Waals surface area contributed by atoms with Gasteiger partial charge in [0.25, 0.3) is 0 Å². The van der Waals surface area contributed by atoms with E-state index in [4.69, 9.17) is 9.47 Å². The maximum Gasteiger partial charge on any atom is 0.410 e. The Morgan fingerprint density at radius 2 is 1.67 bits per heavy atom. The molecule has 1 saturated carbocycles. The largest absolute Gasteiger partial charge is 0.488 e. The summed E-state index contributed by atoms with van der Waals surface area (Å²) in [5, 5.41) is 0. The number of hydrogen-bond acceptors (Lipinski definition) is 3. The first-order chi connectivity index (χ1) is 17.6. The summed E-state index contributed by atoms with van der Waals surface area (Å²) < 4.78 is 13.3. The summed E-state index contributed by atoms with van der Waals surface area (Å²) in [6.07, 6.45) is 6.62. The van der Waals surface area contributed by atoms with Crippen LogP contribution < -0.4 is 4.74 Å². The fourth-order valence-electron chi connectivity index (χ4n) is 6.89. The molecular weight excluding hydrogens is 561 g/mol. The predicted octanol–water partition coefficient (Wildman–Crippen LogP) is 7.27. The Labute approximate surface area is 227 Å². The smallest absolute Gasteiger partial charge is 0.410 e. The number of fused-ring (bicyclic) bond motifs is 1. The van der Waals surface area contributed by atoms with Gasteiger partial charge in [-0.1, -0.05) is 73.5 Å². The average Bonchev–Trinajstić information content (AvgIpc) is 2.92. The summed E-state index contributed by atoms with van der Waals surface area (Å²) in [5.41, 5.74) is 5.21. The second-order valence-electron chi connectivity index (χ2n) is 10.5. The lowest BCUT2D eigenvalue weighted by molar-refractivity contribution is -0.0137. The van der Waals surface area contributed by atoms with Crippen LogP contribution in [0.1, 0.15) is 54.4 Å². The first kappa shape index (κ1) is 23.8. The maximum absolute atomic E-state index is 13.3. The van der Waals surface area contributed by atoms with E-state index < -0.39 is 0 Å². The Morgan fingerprint density at radius 3 is 2.42 bits per heavy atom. The van der Waals surface area contributed by atoms with Crippen LogP contribution in [-0.2, 0) is 29.8 Å². The predicted molar refractivity (Wildman–Crippen MR) is 149 cm³/mol. The van der Waals surface area contributed by atoms with Crippen LogP contribution in [0, 0.1) is 9.49 Å². The molecule has 3 aliphatic rings. The highest BCUT2D eigenvalue weighted by Crippen LogP contribution is 2.56. The number of hydrogen-bond donors (Lipinski definition) is 0. The number of nitrogens with zero attached hydrogens (tertiary/aromatic N) is 1. The first-order valence-corrected chi connectivity index (χ1v) is 14.2. The van der Waals surface area contributed by atoms with E-state index in [1.165, 1.54) is 42.4 Å². The molecule has 36 heavy (non-hydrogen) atoms. The van der Waals surface area contributed by atoms with Gasteiger partial charge in [-0.05, 0) is 88.6 Å². The Kier molecular flexibility index (Phi) is 6.67. The molecule has 2 bridgehead atoms. The van der Waals surface area contributed by atoms with Crippen molar-refractivity contribution in [2.24, 2.45) is 5.92 Å². The van der Waals surface area contributed by atoms with Crippen molar-refractivity contribution in [1.29, 1.82) is 0 Å². The summed E-state index contributed by atoms with van der Waals surface area (Å²) in [4.78, 5) is 15.3. The lowest BCUT2D eigenvalue weighted by Gasteiger charge is -2.58. The number of benzene rings is 3. The van der Waals surface area contributed by atoms with E-state index >= 15 is 0 Å². The summed E-state index contributed by atoms with van der Waals surface area (Å²) in [5.74, 6) is 1.47. The van der Waals surface area contributed by atoms with Crippen LogP contribution in [0.25, 0.3) is 0 Å². The van der Waals surface area contributed by atoms with Crippen LogP contribution in [0.5, 0.6) is 5.75 Å². The lowest BCUT2D eigenvalue weighted by Crippen LogP contribution is -2.62. The van der Waals surface area contributed by atoms with Gasteiger partial charge in [-0.2, -0.15) is 0 Å². The maximum atomic E-state index is 13.3. The van der Waals surface area contributed by atoms with Gasteiger partial charge in [-0.3, -0.25) is 0 Å². The highest BCUT2D eigenvalue weighted by molar-refractivity contribution is 14.1. The number of halogens is 1. The van der Waals surface area contributed by atoms with Gasteiger partial charge in [0.1, 0.15) is 19.0 Å². The number of carbonyl (C=O) groups is 1. The SMILES string of the molecule is O=C(OCc1ccccc1)N1CC[C@@]23CCCC[C@@H]2[C@@H]1Cc1cc(I)c(OCc2ccccc2)cc13. The molecule has 0 unspecified atom stereocenters. The van der Waals surface area contributed by atoms with Crippen LogP contribution in [0.2, 0.25) is 0 Å². The molecule has 6 rings (SSSR count). The van der Waals surface area contributed by atoms with E-state index in [0.717, 1.165) is 34.3 Å². The fraction of sp³-hybridized carbons (Fsp3) is 0.387. The zero-order valence-electron chi connectivity index (χ0n) is 20.5. The van der Waals surface area contributed by atoms with Gasteiger partial charge < -0.3 is 14.4 Å². The Morgan fingerprint density at radius 1 is 0.944 bits per heavy atom. The molecule has 5 heteroatoms. The zero-order valence-corrected chi connectivity index (χ0v) is 22.7. The number of amides is 1. The molecular formula is C31H32INO3. The van der Waals surface area contributed by atoms with Crippen molar-refractivity contribution in [3.63, 3.8) is 0 Å². The fourth-order valence-corrected chi connectivity index (χ4v) is 7.58. The molecule has 0 aromatic heterocycles. The molecule has 1 saturated heterocycles. The Hall–Kier alpha value is -2.54. The number of ether oxygens (including phenoxy) is 2. The highest BCUT2D eigenvalue weighted by Gasteiger charge is 2.55. The van der Waals surface area contributed by atoms with Crippen molar-refractivity contribution >= 4 is 28.7 Å². The van der Waals surface area contributed by atoms with Gasteiger partial charge in [0, 0.05) is 18.0 Å². The highest BCUT2D eigenvalue weighted by atomic mass is 127.